The van der Waals surface area contributed by atoms with Gasteiger partial charge in [-0.25, -0.2) is 0 Å². The summed E-state index contributed by atoms with van der Waals surface area (Å²) in [4.78, 5) is 30.0. The molecule has 0 aromatic heterocycles. The van der Waals surface area contributed by atoms with Crippen LogP contribution < -0.4 is 0 Å². The molecule has 0 aromatic carbocycles. The Morgan fingerprint density at radius 2 is 1.21 bits per heavy atom. The largest absolute Gasteiger partial charge is 0.465 e. The highest BCUT2D eigenvalue weighted by Crippen LogP contribution is 2.35. The van der Waals surface area contributed by atoms with Gasteiger partial charge in [0.05, 0.1) is 13.2 Å². The van der Waals surface area contributed by atoms with E-state index in [1.165, 1.54) is 76.2 Å². The Kier molecular flexibility index (Phi) is 11.8. The Bertz CT molecular complexity index is 555. The average molecular weight is 483 g/mol. The Hall–Kier alpha value is -0.790. The molecular formula is C26H46N2O4S. The van der Waals surface area contributed by atoms with Gasteiger partial charge in [0.1, 0.15) is 10.5 Å². The lowest BCUT2D eigenvalue weighted by Crippen LogP contribution is -2.31. The number of thioether (sulfide) groups is 1. The molecule has 3 rings (SSSR count). The molecule has 0 N–H and O–H groups in total. The van der Waals surface area contributed by atoms with Gasteiger partial charge in [0.2, 0.25) is 0 Å². The molecule has 6 nitrogen and oxygen atoms in total. The number of likely N-dealkylation sites (tertiary alicyclic amines) is 2. The second kappa shape index (κ2) is 14.6. The van der Waals surface area contributed by atoms with Gasteiger partial charge in [0.15, 0.2) is 0 Å². The molecule has 0 radical (unpaired) electrons. The monoisotopic (exact) mass is 482 g/mol. The van der Waals surface area contributed by atoms with E-state index in [0.29, 0.717) is 26.1 Å². The lowest BCUT2D eigenvalue weighted by atomic mass is 10.1. The molecule has 0 bridgehead atoms. The molecule has 0 amide bonds. The highest BCUT2D eigenvalue weighted by atomic mass is 32.2. The molecule has 3 aliphatic heterocycles. The Labute approximate surface area is 205 Å². The lowest BCUT2D eigenvalue weighted by molar-refractivity contribution is -0.144. The van der Waals surface area contributed by atoms with E-state index in [0.717, 1.165) is 38.0 Å². The number of hydrogen-bond acceptors (Lipinski definition) is 7. The average Bonchev–Trinajstić information content (AvgIpc) is 3.56. The van der Waals surface area contributed by atoms with Gasteiger partial charge in [0.25, 0.3) is 0 Å². The quantitative estimate of drug-likeness (QED) is 0.264. The van der Waals surface area contributed by atoms with Gasteiger partial charge in [0, 0.05) is 25.2 Å². The first kappa shape index (κ1) is 26.8. The molecule has 3 saturated heterocycles. The predicted octanol–water partition coefficient (Wildman–Crippen LogP) is 4.65. The molecule has 0 saturated carbocycles. The van der Waals surface area contributed by atoms with E-state index in [1.807, 2.05) is 0 Å². The van der Waals surface area contributed by atoms with Crippen LogP contribution in [0.3, 0.4) is 0 Å². The fourth-order valence-corrected chi connectivity index (χ4v) is 7.05. The van der Waals surface area contributed by atoms with Gasteiger partial charge >= 0.3 is 11.9 Å². The van der Waals surface area contributed by atoms with E-state index in [1.54, 1.807) is 0 Å². The van der Waals surface area contributed by atoms with Crippen LogP contribution in [0.15, 0.2) is 0 Å². The van der Waals surface area contributed by atoms with E-state index in [9.17, 15) is 9.59 Å². The molecule has 3 heterocycles. The SMILES string of the molecule is CCCC1CCCN1CCCOC(=O)C1CCC(C(=O)OCCCN2CCCC2CCC)S1. The van der Waals surface area contributed by atoms with Gasteiger partial charge in [-0.05, 0) is 77.3 Å². The summed E-state index contributed by atoms with van der Waals surface area (Å²) in [5.74, 6) is -0.310. The molecule has 4 unspecified atom stereocenters. The van der Waals surface area contributed by atoms with Gasteiger partial charge in [-0.15, -0.1) is 11.8 Å². The van der Waals surface area contributed by atoms with Gasteiger partial charge in [-0.3, -0.25) is 9.59 Å². The van der Waals surface area contributed by atoms with Gasteiger partial charge in [-0.1, -0.05) is 26.7 Å². The lowest BCUT2D eigenvalue weighted by Gasteiger charge is -2.24. The first-order valence-electron chi connectivity index (χ1n) is 13.6. The number of carbonyl (C=O) groups excluding carboxylic acids is 2. The van der Waals surface area contributed by atoms with Crippen molar-refractivity contribution in [3.8, 4) is 0 Å². The van der Waals surface area contributed by atoms with Crippen LogP contribution in [0, 0.1) is 0 Å². The predicted molar refractivity (Wildman–Crippen MR) is 135 cm³/mol. The smallest absolute Gasteiger partial charge is 0.319 e. The second-order valence-electron chi connectivity index (χ2n) is 9.97. The van der Waals surface area contributed by atoms with Crippen molar-refractivity contribution in [2.24, 2.45) is 0 Å². The summed E-state index contributed by atoms with van der Waals surface area (Å²) in [6, 6.07) is 1.44. The molecule has 0 aliphatic carbocycles. The normalized spacial score (nSPS) is 28.4. The molecule has 3 aliphatic rings. The van der Waals surface area contributed by atoms with Crippen molar-refractivity contribution in [3.05, 3.63) is 0 Å². The molecule has 0 aromatic rings. The maximum absolute atomic E-state index is 12.5. The van der Waals surface area contributed by atoms with Crippen LogP contribution >= 0.6 is 11.8 Å². The number of esters is 2. The molecule has 4 atom stereocenters. The van der Waals surface area contributed by atoms with Crippen molar-refractivity contribution in [2.45, 2.75) is 113 Å². The summed E-state index contributed by atoms with van der Waals surface area (Å²) in [5.41, 5.74) is 0. The minimum absolute atomic E-state index is 0.155. The van der Waals surface area contributed by atoms with E-state index in [-0.39, 0.29) is 22.4 Å². The first-order chi connectivity index (χ1) is 16.1. The van der Waals surface area contributed by atoms with E-state index >= 15 is 0 Å². The maximum Gasteiger partial charge on any atom is 0.319 e. The zero-order valence-corrected chi connectivity index (χ0v) is 21.8. The summed E-state index contributed by atoms with van der Waals surface area (Å²) in [6.07, 6.45) is 13.4. The first-order valence-corrected chi connectivity index (χ1v) is 14.5. The van der Waals surface area contributed by atoms with Crippen molar-refractivity contribution >= 4 is 23.7 Å². The summed E-state index contributed by atoms with van der Waals surface area (Å²) in [6.45, 7) is 9.85. The molecule has 3 fully saturated rings. The van der Waals surface area contributed by atoms with Crippen LogP contribution in [0.2, 0.25) is 0 Å². The Morgan fingerprint density at radius 3 is 1.64 bits per heavy atom. The van der Waals surface area contributed by atoms with Crippen molar-refractivity contribution in [2.75, 3.05) is 39.4 Å². The number of nitrogens with zero attached hydrogens (tertiary/aromatic N) is 2. The number of hydrogen-bond donors (Lipinski definition) is 0. The minimum Gasteiger partial charge on any atom is -0.465 e. The van der Waals surface area contributed by atoms with Gasteiger partial charge in [-0.2, -0.15) is 0 Å². The van der Waals surface area contributed by atoms with Crippen molar-refractivity contribution < 1.29 is 19.1 Å². The van der Waals surface area contributed by atoms with E-state index in [2.05, 4.69) is 23.6 Å². The van der Waals surface area contributed by atoms with E-state index < -0.39 is 0 Å². The topological polar surface area (TPSA) is 59.1 Å². The summed E-state index contributed by atoms with van der Waals surface area (Å²) < 4.78 is 11.1. The molecular weight excluding hydrogens is 436 g/mol. The fourth-order valence-electron chi connectivity index (χ4n) is 5.75. The molecule has 33 heavy (non-hydrogen) atoms. The summed E-state index contributed by atoms with van der Waals surface area (Å²) >= 11 is 1.44. The number of rotatable bonds is 14. The highest BCUT2D eigenvalue weighted by Gasteiger charge is 2.36. The second-order valence-corrected chi connectivity index (χ2v) is 11.4. The van der Waals surface area contributed by atoms with Crippen molar-refractivity contribution in [1.29, 1.82) is 0 Å². The van der Waals surface area contributed by atoms with Crippen LogP contribution in [0.1, 0.15) is 90.9 Å². The molecule has 0 spiro atoms. The Morgan fingerprint density at radius 1 is 0.758 bits per heavy atom. The molecule has 7 heteroatoms. The van der Waals surface area contributed by atoms with Crippen molar-refractivity contribution in [3.63, 3.8) is 0 Å². The molecule has 190 valence electrons. The van der Waals surface area contributed by atoms with Crippen molar-refractivity contribution in [1.82, 2.24) is 9.80 Å². The highest BCUT2D eigenvalue weighted by molar-refractivity contribution is 8.02. The zero-order valence-electron chi connectivity index (χ0n) is 21.0. The maximum atomic E-state index is 12.5. The zero-order chi connectivity index (χ0) is 23.5. The minimum atomic E-state index is -0.221. The third-order valence-corrected chi connectivity index (χ3v) is 8.97. The third-order valence-electron chi connectivity index (χ3n) is 7.46. The van der Waals surface area contributed by atoms with Crippen LogP contribution in [0.25, 0.3) is 0 Å². The fraction of sp³-hybridized carbons (Fsp3) is 0.923. The van der Waals surface area contributed by atoms with Crippen LogP contribution in [-0.4, -0.2) is 83.7 Å². The summed E-state index contributed by atoms with van der Waals surface area (Å²) in [5, 5.41) is -0.442. The number of carbonyl (C=O) groups is 2. The Balaban J connectivity index is 1.24. The van der Waals surface area contributed by atoms with Crippen LogP contribution in [0.5, 0.6) is 0 Å². The van der Waals surface area contributed by atoms with Crippen LogP contribution in [-0.2, 0) is 19.1 Å². The van der Waals surface area contributed by atoms with E-state index in [4.69, 9.17) is 9.47 Å². The number of ether oxygens (including phenoxy) is 2. The van der Waals surface area contributed by atoms with Gasteiger partial charge < -0.3 is 19.3 Å². The third kappa shape index (κ3) is 8.43. The van der Waals surface area contributed by atoms with Crippen LogP contribution in [0.4, 0.5) is 0 Å². The standard InChI is InChI=1S/C26H46N2O4S/c1-3-9-21-11-5-15-27(21)17-7-19-31-25(29)23-13-14-24(33-23)26(30)32-20-8-18-28-16-6-12-22(28)10-4-2/h21-24H,3-20H2,1-2H3. The summed E-state index contributed by atoms with van der Waals surface area (Å²) in [7, 11) is 0.